The first kappa shape index (κ1) is 11.3. The smallest absolute Gasteiger partial charge is 0.141 e. The summed E-state index contributed by atoms with van der Waals surface area (Å²) in [5.41, 5.74) is 9.26. The molecule has 0 aromatic carbocycles. The first-order valence-electron chi connectivity index (χ1n) is 4.70. The molecule has 0 aliphatic heterocycles. The van der Waals surface area contributed by atoms with Gasteiger partial charge in [0.15, 0.2) is 0 Å². The summed E-state index contributed by atoms with van der Waals surface area (Å²) in [6.07, 6.45) is 3.50. The molecule has 3 N–H and O–H groups in total. The Balaban J connectivity index is 2.13. The molecule has 0 saturated carbocycles. The van der Waals surface area contributed by atoms with Crippen molar-refractivity contribution < 1.29 is 0 Å². The van der Waals surface area contributed by atoms with E-state index in [1.165, 1.54) is 4.88 Å². The van der Waals surface area contributed by atoms with Crippen molar-refractivity contribution in [3.05, 3.63) is 32.8 Å². The lowest BCUT2D eigenvalue weighted by Crippen LogP contribution is -2.03. The van der Waals surface area contributed by atoms with Crippen LogP contribution in [-0.4, -0.2) is 9.97 Å². The average molecular weight is 299 g/mol. The molecule has 0 saturated heterocycles. The van der Waals surface area contributed by atoms with E-state index in [1.807, 2.05) is 18.6 Å². The largest absolute Gasteiger partial charge is 0.397 e. The molecule has 0 fully saturated rings. The highest BCUT2D eigenvalue weighted by molar-refractivity contribution is 9.10. The minimum Gasteiger partial charge on any atom is -0.397 e. The van der Waals surface area contributed by atoms with Crippen molar-refractivity contribution in [2.75, 3.05) is 11.1 Å². The van der Waals surface area contributed by atoms with E-state index in [0.717, 1.165) is 22.4 Å². The van der Waals surface area contributed by atoms with Crippen LogP contribution in [0.4, 0.5) is 11.5 Å². The number of nitrogens with one attached hydrogen (secondary N) is 1. The lowest BCUT2D eigenvalue weighted by molar-refractivity contribution is 1.12. The van der Waals surface area contributed by atoms with Gasteiger partial charge in [-0.3, -0.25) is 4.98 Å². The molecule has 2 heterocycles. The number of nitrogens with zero attached hydrogens (tertiary/aromatic N) is 2. The van der Waals surface area contributed by atoms with Crippen LogP contribution in [0.2, 0.25) is 0 Å². The van der Waals surface area contributed by atoms with Crippen molar-refractivity contribution in [2.24, 2.45) is 0 Å². The first-order chi connectivity index (χ1) is 7.68. The third-order valence-corrected chi connectivity index (χ3v) is 3.97. The zero-order valence-corrected chi connectivity index (χ0v) is 11.1. The van der Waals surface area contributed by atoms with Crippen LogP contribution in [0.1, 0.15) is 10.4 Å². The summed E-state index contributed by atoms with van der Waals surface area (Å²) < 4.78 is 0.914. The number of pyridine rings is 1. The van der Waals surface area contributed by atoms with Crippen molar-refractivity contribution in [3.63, 3.8) is 0 Å². The summed E-state index contributed by atoms with van der Waals surface area (Å²) in [6.45, 7) is 2.68. The highest BCUT2D eigenvalue weighted by atomic mass is 79.9. The van der Waals surface area contributed by atoms with E-state index >= 15 is 0 Å². The van der Waals surface area contributed by atoms with Crippen LogP contribution in [0.5, 0.6) is 0 Å². The molecule has 84 valence electrons. The molecule has 16 heavy (non-hydrogen) atoms. The van der Waals surface area contributed by atoms with E-state index in [9.17, 15) is 0 Å². The monoisotopic (exact) mass is 298 g/mol. The van der Waals surface area contributed by atoms with Crippen molar-refractivity contribution >= 4 is 38.8 Å². The molecular formula is C10H11BrN4S. The maximum absolute atomic E-state index is 5.75. The molecule has 0 atom stereocenters. The Morgan fingerprint density at radius 2 is 2.31 bits per heavy atom. The maximum atomic E-state index is 5.75. The minimum absolute atomic E-state index is 0.690. The van der Waals surface area contributed by atoms with Gasteiger partial charge >= 0.3 is 0 Å². The average Bonchev–Trinajstić information content (AvgIpc) is 2.78. The Bertz CT molecular complexity index is 484. The van der Waals surface area contributed by atoms with E-state index in [1.54, 1.807) is 17.5 Å². The Morgan fingerprint density at radius 3 is 3.00 bits per heavy atom. The van der Waals surface area contributed by atoms with E-state index in [4.69, 9.17) is 5.73 Å². The number of hydrogen-bond acceptors (Lipinski definition) is 5. The molecule has 0 radical (unpaired) electrons. The van der Waals surface area contributed by atoms with E-state index in [0.29, 0.717) is 5.69 Å². The zero-order chi connectivity index (χ0) is 11.5. The zero-order valence-electron chi connectivity index (χ0n) is 8.70. The van der Waals surface area contributed by atoms with Gasteiger partial charge < -0.3 is 11.1 Å². The number of nitrogen functional groups attached to an aromatic ring is 1. The predicted octanol–water partition coefficient (Wildman–Crippen LogP) is 2.80. The van der Waals surface area contributed by atoms with Gasteiger partial charge in [0.25, 0.3) is 0 Å². The fourth-order valence-corrected chi connectivity index (χ4v) is 2.22. The molecule has 4 nitrogen and oxygen atoms in total. The van der Waals surface area contributed by atoms with Crippen LogP contribution in [0.25, 0.3) is 0 Å². The molecule has 6 heteroatoms. The van der Waals surface area contributed by atoms with Gasteiger partial charge in [0, 0.05) is 11.1 Å². The molecule has 0 bridgehead atoms. The lowest BCUT2D eigenvalue weighted by atomic mass is 10.2. The van der Waals surface area contributed by atoms with E-state index < -0.39 is 0 Å². The van der Waals surface area contributed by atoms with E-state index in [-0.39, 0.29) is 0 Å². The number of anilines is 2. The van der Waals surface area contributed by atoms with Crippen LogP contribution in [0.15, 0.2) is 22.4 Å². The Labute approximate surface area is 106 Å². The lowest BCUT2D eigenvalue weighted by Gasteiger charge is -2.09. The minimum atomic E-state index is 0.690. The second-order valence-electron chi connectivity index (χ2n) is 3.32. The van der Waals surface area contributed by atoms with Crippen LogP contribution in [0, 0.1) is 6.92 Å². The van der Waals surface area contributed by atoms with Crippen molar-refractivity contribution in [3.8, 4) is 0 Å². The summed E-state index contributed by atoms with van der Waals surface area (Å²) in [7, 11) is 0. The normalized spacial score (nSPS) is 10.4. The Morgan fingerprint density at radius 1 is 1.50 bits per heavy atom. The third-order valence-electron chi connectivity index (χ3n) is 2.22. The van der Waals surface area contributed by atoms with Crippen LogP contribution < -0.4 is 11.1 Å². The molecule has 0 spiro atoms. The van der Waals surface area contributed by atoms with Gasteiger partial charge in [0.1, 0.15) is 5.82 Å². The molecular weight excluding hydrogens is 288 g/mol. The quantitative estimate of drug-likeness (QED) is 0.914. The van der Waals surface area contributed by atoms with Gasteiger partial charge in [-0.15, -0.1) is 11.3 Å². The second-order valence-corrected chi connectivity index (χ2v) is 5.09. The van der Waals surface area contributed by atoms with Gasteiger partial charge in [0.2, 0.25) is 0 Å². The van der Waals surface area contributed by atoms with Crippen molar-refractivity contribution in [1.29, 1.82) is 0 Å². The standard InChI is InChI=1S/C10H11BrN4S/c1-6-8(12)4-15-10(9(6)11)14-3-7-2-13-5-16-7/h2,4-5H,3,12H2,1H3,(H,14,15). The topological polar surface area (TPSA) is 63.8 Å². The molecule has 2 rings (SSSR count). The molecule has 0 unspecified atom stereocenters. The number of hydrogen-bond donors (Lipinski definition) is 2. The van der Waals surface area contributed by atoms with Gasteiger partial charge in [-0.05, 0) is 28.4 Å². The van der Waals surface area contributed by atoms with Gasteiger partial charge in [0.05, 0.1) is 28.4 Å². The Kier molecular flexibility index (Phi) is 3.40. The number of thiazole rings is 1. The molecule has 0 aliphatic rings. The second kappa shape index (κ2) is 4.80. The van der Waals surface area contributed by atoms with Crippen LogP contribution in [-0.2, 0) is 6.54 Å². The van der Waals surface area contributed by atoms with E-state index in [2.05, 4.69) is 31.2 Å². The van der Waals surface area contributed by atoms with Crippen molar-refractivity contribution in [1.82, 2.24) is 9.97 Å². The number of nitrogens with two attached hydrogens (primary N) is 1. The fraction of sp³-hybridized carbons (Fsp3) is 0.200. The summed E-state index contributed by atoms with van der Waals surface area (Å²) in [6, 6.07) is 0. The predicted molar refractivity (Wildman–Crippen MR) is 70.5 cm³/mol. The number of halogens is 1. The summed E-state index contributed by atoms with van der Waals surface area (Å²) in [4.78, 5) is 9.42. The first-order valence-corrected chi connectivity index (χ1v) is 6.37. The van der Waals surface area contributed by atoms with Crippen LogP contribution in [0.3, 0.4) is 0 Å². The number of aromatic nitrogens is 2. The molecule has 0 aliphatic carbocycles. The fourth-order valence-electron chi connectivity index (χ4n) is 1.22. The Hall–Kier alpha value is -1.14. The summed E-state index contributed by atoms with van der Waals surface area (Å²) in [5, 5.41) is 3.24. The van der Waals surface area contributed by atoms with Gasteiger partial charge in [-0.1, -0.05) is 0 Å². The van der Waals surface area contributed by atoms with Gasteiger partial charge in [-0.2, -0.15) is 0 Å². The highest BCUT2D eigenvalue weighted by Gasteiger charge is 2.07. The summed E-state index contributed by atoms with van der Waals surface area (Å²) >= 11 is 5.09. The molecule has 2 aromatic rings. The van der Waals surface area contributed by atoms with Crippen LogP contribution >= 0.6 is 27.3 Å². The highest BCUT2D eigenvalue weighted by Crippen LogP contribution is 2.28. The molecule has 2 aromatic heterocycles. The molecule has 0 amide bonds. The number of rotatable bonds is 3. The summed E-state index contributed by atoms with van der Waals surface area (Å²) in [5.74, 6) is 0.806. The third kappa shape index (κ3) is 2.33. The van der Waals surface area contributed by atoms with Crippen molar-refractivity contribution in [2.45, 2.75) is 13.5 Å². The van der Waals surface area contributed by atoms with Gasteiger partial charge in [-0.25, -0.2) is 4.98 Å². The SMILES string of the molecule is Cc1c(N)cnc(NCc2cncs2)c1Br. The maximum Gasteiger partial charge on any atom is 0.141 e.